The number of aromatic nitrogens is 3. The first-order valence-corrected chi connectivity index (χ1v) is 6.70. The predicted molar refractivity (Wildman–Crippen MR) is 82.2 cm³/mol. The van der Waals surface area contributed by atoms with Crippen LogP contribution >= 0.6 is 0 Å². The average Bonchev–Trinajstić information content (AvgIpc) is 3.09. The van der Waals surface area contributed by atoms with Gasteiger partial charge in [-0.1, -0.05) is 6.07 Å². The number of aryl methyl sites for hydroxylation is 2. The lowest BCUT2D eigenvalue weighted by atomic mass is 10.1. The Labute approximate surface area is 122 Å². The number of hydrogen-bond donors (Lipinski definition) is 3. The Morgan fingerprint density at radius 1 is 1.14 bits per heavy atom. The molecule has 0 atom stereocenters. The summed E-state index contributed by atoms with van der Waals surface area (Å²) in [5.74, 6) is -0.203. The molecule has 0 aliphatic carbocycles. The van der Waals surface area contributed by atoms with Crippen molar-refractivity contribution in [3.8, 4) is 11.4 Å². The Kier molecular flexibility index (Phi) is 3.31. The van der Waals surface area contributed by atoms with E-state index in [0.717, 1.165) is 22.5 Å². The topological polar surface area (TPSA) is 73.6 Å². The zero-order chi connectivity index (χ0) is 14.8. The largest absolute Gasteiger partial charge is 0.360 e. The molecule has 2 heterocycles. The monoisotopic (exact) mass is 280 g/mol. The predicted octanol–water partition coefficient (Wildman–Crippen LogP) is 3.27. The first-order valence-electron chi connectivity index (χ1n) is 6.70. The molecular weight excluding hydrogens is 264 g/mol. The zero-order valence-corrected chi connectivity index (χ0v) is 11.9. The number of H-pyrrole nitrogens is 2. The molecular formula is C16H16N4O. The van der Waals surface area contributed by atoms with E-state index in [2.05, 4.69) is 26.6 Å². The summed E-state index contributed by atoms with van der Waals surface area (Å²) in [5, 5.41) is 9.78. The summed E-state index contributed by atoms with van der Waals surface area (Å²) in [6.45, 7) is 4.00. The van der Waals surface area contributed by atoms with Crippen LogP contribution in [0.25, 0.3) is 11.4 Å². The second kappa shape index (κ2) is 5.28. The van der Waals surface area contributed by atoms with Gasteiger partial charge in [0.2, 0.25) is 0 Å². The summed E-state index contributed by atoms with van der Waals surface area (Å²) in [4.78, 5) is 15.3. The third-order valence-corrected chi connectivity index (χ3v) is 3.18. The molecule has 106 valence electrons. The fourth-order valence-electron chi connectivity index (χ4n) is 2.31. The van der Waals surface area contributed by atoms with Gasteiger partial charge in [0.25, 0.3) is 5.91 Å². The molecule has 1 amide bonds. The van der Waals surface area contributed by atoms with Crippen LogP contribution in [0.15, 0.2) is 42.6 Å². The molecule has 2 aromatic heterocycles. The van der Waals surface area contributed by atoms with E-state index in [1.54, 1.807) is 6.07 Å². The van der Waals surface area contributed by atoms with Crippen molar-refractivity contribution in [2.24, 2.45) is 0 Å². The second-order valence-corrected chi connectivity index (χ2v) is 5.08. The van der Waals surface area contributed by atoms with Gasteiger partial charge in [-0.2, -0.15) is 5.10 Å². The van der Waals surface area contributed by atoms with Crippen LogP contribution in [0.3, 0.4) is 0 Å². The van der Waals surface area contributed by atoms with Crippen molar-refractivity contribution in [2.75, 3.05) is 5.32 Å². The maximum atomic E-state index is 12.2. The standard InChI is InChI=1S/C16H16N4O/c1-10-6-11(2)8-12(7-10)18-16(21)15-9-14(19-20-15)13-4-3-5-17-13/h3-9,17H,1-2H3,(H,18,21)(H,19,20). The van der Waals surface area contributed by atoms with Crippen molar-refractivity contribution < 1.29 is 4.79 Å². The van der Waals surface area contributed by atoms with Crippen LogP contribution < -0.4 is 5.32 Å². The number of nitrogens with one attached hydrogen (secondary N) is 3. The number of rotatable bonds is 3. The van der Waals surface area contributed by atoms with Crippen LogP contribution in [0.2, 0.25) is 0 Å². The van der Waals surface area contributed by atoms with Crippen LogP contribution in [0, 0.1) is 13.8 Å². The third kappa shape index (κ3) is 2.86. The van der Waals surface area contributed by atoms with Crippen LogP contribution in [0.4, 0.5) is 5.69 Å². The van der Waals surface area contributed by atoms with Gasteiger partial charge in [-0.05, 0) is 55.3 Å². The van der Waals surface area contributed by atoms with Gasteiger partial charge in [0.1, 0.15) is 11.4 Å². The number of benzene rings is 1. The zero-order valence-electron chi connectivity index (χ0n) is 11.9. The molecule has 0 radical (unpaired) electrons. The van der Waals surface area contributed by atoms with Crippen molar-refractivity contribution in [3.05, 3.63) is 59.4 Å². The number of carbonyl (C=O) groups is 1. The Morgan fingerprint density at radius 2 is 1.90 bits per heavy atom. The molecule has 3 rings (SSSR count). The molecule has 3 N–H and O–H groups in total. The van der Waals surface area contributed by atoms with E-state index >= 15 is 0 Å². The van der Waals surface area contributed by atoms with Crippen molar-refractivity contribution in [1.82, 2.24) is 15.2 Å². The Hall–Kier alpha value is -2.82. The highest BCUT2D eigenvalue weighted by Crippen LogP contribution is 2.17. The maximum Gasteiger partial charge on any atom is 0.273 e. The van der Waals surface area contributed by atoms with E-state index < -0.39 is 0 Å². The summed E-state index contributed by atoms with van der Waals surface area (Å²) in [6.07, 6.45) is 1.82. The Morgan fingerprint density at radius 3 is 2.57 bits per heavy atom. The molecule has 0 saturated heterocycles. The van der Waals surface area contributed by atoms with Gasteiger partial charge in [-0.15, -0.1) is 0 Å². The maximum absolute atomic E-state index is 12.2. The minimum absolute atomic E-state index is 0.203. The van der Waals surface area contributed by atoms with Gasteiger partial charge in [0, 0.05) is 11.9 Å². The van der Waals surface area contributed by atoms with E-state index in [1.165, 1.54) is 0 Å². The molecule has 0 unspecified atom stereocenters. The van der Waals surface area contributed by atoms with E-state index in [4.69, 9.17) is 0 Å². The van der Waals surface area contributed by atoms with E-state index in [0.29, 0.717) is 11.4 Å². The average molecular weight is 280 g/mol. The normalized spacial score (nSPS) is 10.6. The van der Waals surface area contributed by atoms with Crippen LogP contribution in [0.5, 0.6) is 0 Å². The van der Waals surface area contributed by atoms with Gasteiger partial charge in [-0.3, -0.25) is 9.89 Å². The number of anilines is 1. The molecule has 0 saturated carbocycles. The Bertz CT molecular complexity index is 751. The van der Waals surface area contributed by atoms with Gasteiger partial charge >= 0.3 is 0 Å². The molecule has 0 aliphatic heterocycles. The lowest BCUT2D eigenvalue weighted by Gasteiger charge is -2.06. The van der Waals surface area contributed by atoms with Gasteiger partial charge in [-0.25, -0.2) is 0 Å². The second-order valence-electron chi connectivity index (χ2n) is 5.08. The van der Waals surface area contributed by atoms with Crippen LogP contribution in [-0.4, -0.2) is 21.1 Å². The molecule has 5 heteroatoms. The number of amides is 1. The fraction of sp³-hybridized carbons (Fsp3) is 0.125. The van der Waals surface area contributed by atoms with Crippen LogP contribution in [0.1, 0.15) is 21.6 Å². The van der Waals surface area contributed by atoms with E-state index in [-0.39, 0.29) is 5.91 Å². The SMILES string of the molecule is Cc1cc(C)cc(NC(=O)c2cc(-c3ccc[nH]3)n[nH]2)c1. The summed E-state index contributed by atoms with van der Waals surface area (Å²) in [6, 6.07) is 11.5. The fourth-order valence-corrected chi connectivity index (χ4v) is 2.31. The quantitative estimate of drug-likeness (QED) is 0.689. The number of carbonyl (C=O) groups excluding carboxylic acids is 1. The molecule has 1 aromatic carbocycles. The molecule has 0 aliphatic rings. The molecule has 5 nitrogen and oxygen atoms in total. The molecule has 0 spiro atoms. The van der Waals surface area contributed by atoms with Gasteiger partial charge in [0.15, 0.2) is 0 Å². The molecule has 0 bridgehead atoms. The molecule has 0 fully saturated rings. The third-order valence-electron chi connectivity index (χ3n) is 3.18. The number of aromatic amines is 2. The van der Waals surface area contributed by atoms with Crippen molar-refractivity contribution in [1.29, 1.82) is 0 Å². The highest BCUT2D eigenvalue weighted by Gasteiger charge is 2.12. The van der Waals surface area contributed by atoms with Crippen molar-refractivity contribution in [3.63, 3.8) is 0 Å². The Balaban J connectivity index is 1.79. The highest BCUT2D eigenvalue weighted by atomic mass is 16.1. The van der Waals surface area contributed by atoms with Crippen molar-refractivity contribution in [2.45, 2.75) is 13.8 Å². The summed E-state index contributed by atoms with van der Waals surface area (Å²) in [5.41, 5.74) is 5.03. The smallest absolute Gasteiger partial charge is 0.273 e. The van der Waals surface area contributed by atoms with Gasteiger partial charge in [0.05, 0.1) is 5.69 Å². The first-order chi connectivity index (χ1) is 10.1. The minimum atomic E-state index is -0.203. The number of hydrogen-bond acceptors (Lipinski definition) is 2. The summed E-state index contributed by atoms with van der Waals surface area (Å²) in [7, 11) is 0. The molecule has 21 heavy (non-hydrogen) atoms. The molecule has 3 aromatic rings. The highest BCUT2D eigenvalue weighted by molar-refractivity contribution is 6.03. The number of nitrogens with zero attached hydrogens (tertiary/aromatic N) is 1. The van der Waals surface area contributed by atoms with Gasteiger partial charge < -0.3 is 10.3 Å². The summed E-state index contributed by atoms with van der Waals surface area (Å²) >= 11 is 0. The van der Waals surface area contributed by atoms with Crippen molar-refractivity contribution >= 4 is 11.6 Å². The lowest BCUT2D eigenvalue weighted by molar-refractivity contribution is 0.102. The summed E-state index contributed by atoms with van der Waals surface area (Å²) < 4.78 is 0. The van der Waals surface area contributed by atoms with E-state index in [9.17, 15) is 4.79 Å². The van der Waals surface area contributed by atoms with Crippen LogP contribution in [-0.2, 0) is 0 Å². The minimum Gasteiger partial charge on any atom is -0.360 e. The lowest BCUT2D eigenvalue weighted by Crippen LogP contribution is -2.12. The first kappa shape index (κ1) is 13.2. The van der Waals surface area contributed by atoms with E-state index in [1.807, 2.05) is 44.3 Å².